The lowest BCUT2D eigenvalue weighted by molar-refractivity contribution is -0.122. The summed E-state index contributed by atoms with van der Waals surface area (Å²) in [6.45, 7) is 8.92. The van der Waals surface area contributed by atoms with Crippen LogP contribution in [0.3, 0.4) is 0 Å². The van der Waals surface area contributed by atoms with E-state index in [2.05, 4.69) is 40.2 Å². The van der Waals surface area contributed by atoms with Crippen LogP contribution in [0, 0.1) is 5.92 Å². The molecule has 1 aliphatic heterocycles. The molecule has 7 nitrogen and oxygen atoms in total. The number of hydrogen-bond acceptors (Lipinski definition) is 3. The van der Waals surface area contributed by atoms with Gasteiger partial charge in [-0.1, -0.05) is 54.6 Å². The largest absolute Gasteiger partial charge is 0.352 e. The summed E-state index contributed by atoms with van der Waals surface area (Å²) in [7, 11) is 0. The summed E-state index contributed by atoms with van der Waals surface area (Å²) in [5, 5.41) is 9.13. The molecule has 4 amide bonds. The van der Waals surface area contributed by atoms with Crippen molar-refractivity contribution in [2.75, 3.05) is 11.9 Å². The molecule has 0 radical (unpaired) electrons. The minimum Gasteiger partial charge on any atom is -0.352 e. The third-order valence-corrected chi connectivity index (χ3v) is 7.58. The predicted octanol–water partition coefficient (Wildman–Crippen LogP) is 5.60. The second-order valence-electron chi connectivity index (χ2n) is 11.9. The number of benzene rings is 3. The maximum absolute atomic E-state index is 13.1. The molecule has 5 rings (SSSR count). The van der Waals surface area contributed by atoms with Crippen molar-refractivity contribution in [1.82, 2.24) is 15.5 Å². The standard InChI is InChI=1S/C33H38N4O3/c1-21(38)35-25-12-8-11-23(17-25)26-14-13-24(19-34-31(39)29-18-28(29)22-9-6-5-7-10-22)30-20-37(16-15-27(26)30)32(40)36-33(2,3)4/h5-14,17,28-29H,15-16,18-20H2,1-4H3,(H,34,39)(H,35,38)(H,36,40)/t28-,29?/m1/s1. The molecule has 1 unspecified atom stereocenters. The number of rotatable bonds is 6. The van der Waals surface area contributed by atoms with E-state index in [9.17, 15) is 14.4 Å². The molecule has 208 valence electrons. The van der Waals surface area contributed by atoms with Crippen molar-refractivity contribution in [1.29, 1.82) is 0 Å². The van der Waals surface area contributed by atoms with E-state index in [0.717, 1.165) is 34.4 Å². The van der Waals surface area contributed by atoms with Crippen LogP contribution in [0.5, 0.6) is 0 Å². The van der Waals surface area contributed by atoms with E-state index in [1.807, 2.05) is 68.1 Å². The Balaban J connectivity index is 1.40. The first-order chi connectivity index (χ1) is 19.1. The van der Waals surface area contributed by atoms with Crippen LogP contribution in [-0.2, 0) is 29.1 Å². The van der Waals surface area contributed by atoms with Gasteiger partial charge in [-0.3, -0.25) is 9.59 Å². The molecule has 2 atom stereocenters. The summed E-state index contributed by atoms with van der Waals surface area (Å²) in [5.41, 5.74) is 7.00. The van der Waals surface area contributed by atoms with Gasteiger partial charge in [0, 0.05) is 43.7 Å². The highest BCUT2D eigenvalue weighted by molar-refractivity contribution is 5.90. The zero-order chi connectivity index (χ0) is 28.4. The Morgan fingerprint density at radius 2 is 1.73 bits per heavy atom. The monoisotopic (exact) mass is 538 g/mol. The molecule has 40 heavy (non-hydrogen) atoms. The second kappa shape index (κ2) is 11.2. The van der Waals surface area contributed by atoms with Gasteiger partial charge in [0.25, 0.3) is 0 Å². The van der Waals surface area contributed by atoms with Crippen molar-refractivity contribution in [2.24, 2.45) is 5.92 Å². The lowest BCUT2D eigenvalue weighted by Crippen LogP contribution is -2.50. The van der Waals surface area contributed by atoms with Gasteiger partial charge in [0.15, 0.2) is 0 Å². The highest BCUT2D eigenvalue weighted by Gasteiger charge is 2.43. The molecule has 1 aliphatic carbocycles. The van der Waals surface area contributed by atoms with Crippen molar-refractivity contribution in [3.63, 3.8) is 0 Å². The number of nitrogens with zero attached hydrogens (tertiary/aromatic N) is 1. The number of fused-ring (bicyclic) bond motifs is 1. The van der Waals surface area contributed by atoms with Crippen molar-refractivity contribution < 1.29 is 14.4 Å². The molecule has 1 heterocycles. The Labute approximate surface area is 236 Å². The normalized spacial score (nSPS) is 17.9. The van der Waals surface area contributed by atoms with Crippen LogP contribution in [0.4, 0.5) is 10.5 Å². The van der Waals surface area contributed by atoms with Gasteiger partial charge in [0.05, 0.1) is 0 Å². The van der Waals surface area contributed by atoms with Crippen LogP contribution >= 0.6 is 0 Å². The summed E-state index contributed by atoms with van der Waals surface area (Å²) in [6.07, 6.45) is 1.57. The molecular formula is C33H38N4O3. The lowest BCUT2D eigenvalue weighted by Gasteiger charge is -2.34. The van der Waals surface area contributed by atoms with Crippen molar-refractivity contribution in [2.45, 2.75) is 65.1 Å². The van der Waals surface area contributed by atoms with Gasteiger partial charge in [-0.05, 0) is 85.0 Å². The van der Waals surface area contributed by atoms with Gasteiger partial charge in [0.2, 0.25) is 11.8 Å². The molecule has 2 aliphatic rings. The van der Waals surface area contributed by atoms with E-state index in [0.29, 0.717) is 26.1 Å². The number of urea groups is 1. The first kappa shape index (κ1) is 27.4. The lowest BCUT2D eigenvalue weighted by atomic mass is 9.87. The number of carbonyl (C=O) groups is 3. The predicted molar refractivity (Wildman–Crippen MR) is 158 cm³/mol. The zero-order valence-corrected chi connectivity index (χ0v) is 23.7. The first-order valence-electron chi connectivity index (χ1n) is 14.0. The smallest absolute Gasteiger partial charge is 0.318 e. The molecule has 7 heteroatoms. The van der Waals surface area contributed by atoms with Crippen LogP contribution in [0.15, 0.2) is 66.7 Å². The fraction of sp³-hybridized carbons (Fsp3) is 0.364. The Bertz CT molecular complexity index is 1430. The Morgan fingerprint density at radius 1 is 0.950 bits per heavy atom. The van der Waals surface area contributed by atoms with Crippen LogP contribution in [0.1, 0.15) is 62.3 Å². The summed E-state index contributed by atoms with van der Waals surface area (Å²) >= 11 is 0. The van der Waals surface area contributed by atoms with E-state index in [1.165, 1.54) is 18.1 Å². The number of nitrogens with one attached hydrogen (secondary N) is 3. The number of carbonyl (C=O) groups excluding carboxylic acids is 3. The molecule has 0 aromatic heterocycles. The minimum absolute atomic E-state index is 0.00285. The van der Waals surface area contributed by atoms with E-state index < -0.39 is 0 Å². The number of hydrogen-bond donors (Lipinski definition) is 3. The summed E-state index contributed by atoms with van der Waals surface area (Å²) < 4.78 is 0. The Hall–Kier alpha value is -4.13. The van der Waals surface area contributed by atoms with Crippen LogP contribution in [0.2, 0.25) is 0 Å². The second-order valence-corrected chi connectivity index (χ2v) is 11.9. The van der Waals surface area contributed by atoms with Crippen molar-refractivity contribution in [3.8, 4) is 11.1 Å². The quantitative estimate of drug-likeness (QED) is 0.382. The third kappa shape index (κ3) is 6.36. The summed E-state index contributed by atoms with van der Waals surface area (Å²) in [4.78, 5) is 39.6. The molecular weight excluding hydrogens is 500 g/mol. The SMILES string of the molecule is CC(=O)Nc1cccc(-c2ccc(CNC(=O)C3C[C@@H]3c3ccccc3)c3c2CCN(C(=O)NC(C)(C)C)C3)c1. The molecule has 3 aromatic carbocycles. The van der Waals surface area contributed by atoms with Crippen molar-refractivity contribution >= 4 is 23.5 Å². The molecule has 1 saturated carbocycles. The van der Waals surface area contributed by atoms with Gasteiger partial charge in [-0.15, -0.1) is 0 Å². The maximum atomic E-state index is 13.1. The zero-order valence-electron chi connectivity index (χ0n) is 23.7. The highest BCUT2D eigenvalue weighted by atomic mass is 16.2. The maximum Gasteiger partial charge on any atom is 0.318 e. The van der Waals surface area contributed by atoms with E-state index in [-0.39, 0.29) is 35.2 Å². The molecule has 3 aromatic rings. The molecule has 0 spiro atoms. The third-order valence-electron chi connectivity index (χ3n) is 7.58. The highest BCUT2D eigenvalue weighted by Crippen LogP contribution is 2.47. The molecule has 0 bridgehead atoms. The van der Waals surface area contributed by atoms with Crippen LogP contribution < -0.4 is 16.0 Å². The number of amides is 4. The van der Waals surface area contributed by atoms with Gasteiger partial charge in [-0.25, -0.2) is 4.79 Å². The van der Waals surface area contributed by atoms with Gasteiger partial charge < -0.3 is 20.9 Å². The Kier molecular flexibility index (Phi) is 7.66. The number of anilines is 1. The van der Waals surface area contributed by atoms with Crippen molar-refractivity contribution in [3.05, 3.63) is 89.0 Å². The van der Waals surface area contributed by atoms with Gasteiger partial charge >= 0.3 is 6.03 Å². The van der Waals surface area contributed by atoms with Crippen LogP contribution in [-0.4, -0.2) is 34.8 Å². The first-order valence-corrected chi connectivity index (χ1v) is 14.0. The Morgan fingerprint density at radius 3 is 2.45 bits per heavy atom. The molecule has 1 fully saturated rings. The van der Waals surface area contributed by atoms with E-state index in [4.69, 9.17) is 0 Å². The van der Waals surface area contributed by atoms with E-state index >= 15 is 0 Å². The minimum atomic E-state index is -0.334. The average molecular weight is 539 g/mol. The summed E-state index contributed by atoms with van der Waals surface area (Å²) in [5.74, 6) is 0.247. The average Bonchev–Trinajstić information content (AvgIpc) is 3.72. The molecule has 0 saturated heterocycles. The fourth-order valence-electron chi connectivity index (χ4n) is 5.58. The fourth-order valence-corrected chi connectivity index (χ4v) is 5.58. The van der Waals surface area contributed by atoms with Gasteiger partial charge in [0.1, 0.15) is 0 Å². The van der Waals surface area contributed by atoms with E-state index in [1.54, 1.807) is 0 Å². The summed E-state index contributed by atoms with van der Waals surface area (Å²) in [6, 6.07) is 22.1. The van der Waals surface area contributed by atoms with Gasteiger partial charge in [-0.2, -0.15) is 0 Å². The topological polar surface area (TPSA) is 90.5 Å². The van der Waals surface area contributed by atoms with Crippen LogP contribution in [0.25, 0.3) is 11.1 Å². The molecule has 3 N–H and O–H groups in total.